The molecule has 0 saturated heterocycles. The summed E-state index contributed by atoms with van der Waals surface area (Å²) < 4.78 is 5.51. The molecule has 0 heterocycles. The van der Waals surface area contributed by atoms with E-state index in [1.807, 2.05) is 0 Å². The number of amides is 1. The minimum Gasteiger partial charge on any atom is -0.466 e. The topological polar surface area (TPSA) is 95.9 Å². The van der Waals surface area contributed by atoms with Gasteiger partial charge >= 0.3 is 5.97 Å². The Morgan fingerprint density at radius 2 is 0.580 bits per heavy atom. The smallest absolute Gasteiger partial charge is 0.305 e. The summed E-state index contributed by atoms with van der Waals surface area (Å²) in [5, 5.41) is 23.5. The maximum Gasteiger partial charge on any atom is 0.305 e. The molecule has 6 nitrogen and oxygen atoms in total. The van der Waals surface area contributed by atoms with Gasteiger partial charge in [0.1, 0.15) is 0 Å². The van der Waals surface area contributed by atoms with Gasteiger partial charge in [-0.2, -0.15) is 0 Å². The van der Waals surface area contributed by atoms with E-state index in [9.17, 15) is 19.8 Å². The van der Waals surface area contributed by atoms with Gasteiger partial charge in [-0.1, -0.05) is 379 Å². The molecule has 0 aliphatic carbocycles. The van der Waals surface area contributed by atoms with Gasteiger partial charge in [0.25, 0.3) is 0 Å². The highest BCUT2D eigenvalue weighted by molar-refractivity contribution is 5.76. The van der Waals surface area contributed by atoms with Crippen molar-refractivity contribution < 1.29 is 24.5 Å². The third-order valence-electron chi connectivity index (χ3n) is 17.8. The van der Waals surface area contributed by atoms with Crippen molar-refractivity contribution in [1.29, 1.82) is 0 Å². The standard InChI is InChI=1S/C75H147NO5/c1-3-5-7-9-11-13-15-17-19-21-23-24-26-29-32-35-39-43-47-51-55-59-63-67-73(78)72(71-77)76-74(79)68-64-60-56-52-48-44-40-36-33-30-27-25-28-31-34-38-42-46-50-54-58-62-66-70-81-75(80)69-65-61-57-53-49-45-41-37-22-20-18-16-14-12-10-8-6-4-2/h20,22,72-73,77-78H,3-19,21,23-71H2,1-2H3,(H,76,79)/b22-20-. The Morgan fingerprint density at radius 1 is 0.333 bits per heavy atom. The van der Waals surface area contributed by atoms with Crippen molar-refractivity contribution in [1.82, 2.24) is 5.32 Å². The van der Waals surface area contributed by atoms with Gasteiger partial charge in [0, 0.05) is 12.8 Å². The summed E-state index contributed by atoms with van der Waals surface area (Å²) in [6.07, 6.45) is 88.4. The van der Waals surface area contributed by atoms with Crippen LogP contribution in [0.3, 0.4) is 0 Å². The summed E-state index contributed by atoms with van der Waals surface area (Å²) in [5.74, 6) is -0.0158. The fraction of sp³-hybridized carbons (Fsp3) is 0.947. The second-order valence-electron chi connectivity index (χ2n) is 26.0. The molecule has 482 valence electrons. The summed E-state index contributed by atoms with van der Waals surface area (Å²) in [6.45, 7) is 5.00. The van der Waals surface area contributed by atoms with Crippen molar-refractivity contribution in [2.75, 3.05) is 13.2 Å². The maximum absolute atomic E-state index is 12.6. The lowest BCUT2D eigenvalue weighted by Gasteiger charge is -2.22. The number of hydrogen-bond donors (Lipinski definition) is 3. The Kier molecular flexibility index (Phi) is 69.9. The summed E-state index contributed by atoms with van der Waals surface area (Å²) in [7, 11) is 0. The van der Waals surface area contributed by atoms with E-state index in [2.05, 4.69) is 31.3 Å². The number of hydrogen-bond acceptors (Lipinski definition) is 5. The molecule has 0 aliphatic rings. The maximum atomic E-state index is 12.6. The lowest BCUT2D eigenvalue weighted by atomic mass is 10.0. The number of carbonyl (C=O) groups excluding carboxylic acids is 2. The van der Waals surface area contributed by atoms with Crippen LogP contribution in [0.1, 0.15) is 431 Å². The molecule has 0 aromatic rings. The van der Waals surface area contributed by atoms with Crippen molar-refractivity contribution >= 4 is 11.9 Å². The van der Waals surface area contributed by atoms with E-state index in [0.717, 1.165) is 44.9 Å². The first-order valence-electron chi connectivity index (χ1n) is 37.4. The molecular formula is C75H147NO5. The van der Waals surface area contributed by atoms with Gasteiger partial charge in [0.15, 0.2) is 0 Å². The van der Waals surface area contributed by atoms with Crippen LogP contribution in [0.25, 0.3) is 0 Å². The van der Waals surface area contributed by atoms with E-state index in [1.54, 1.807) is 0 Å². The van der Waals surface area contributed by atoms with E-state index >= 15 is 0 Å². The number of rotatable bonds is 71. The van der Waals surface area contributed by atoms with Gasteiger partial charge in [0.05, 0.1) is 25.4 Å². The molecular weight excluding hydrogens is 995 g/mol. The van der Waals surface area contributed by atoms with Crippen LogP contribution < -0.4 is 5.32 Å². The third-order valence-corrected chi connectivity index (χ3v) is 17.8. The van der Waals surface area contributed by atoms with Crippen LogP contribution in [-0.4, -0.2) is 47.4 Å². The van der Waals surface area contributed by atoms with Crippen LogP contribution in [0, 0.1) is 0 Å². The minimum atomic E-state index is -0.665. The van der Waals surface area contributed by atoms with Gasteiger partial charge < -0.3 is 20.3 Å². The van der Waals surface area contributed by atoms with E-state index < -0.39 is 12.1 Å². The Balaban J connectivity index is 3.36. The molecule has 2 unspecified atom stereocenters. The van der Waals surface area contributed by atoms with Gasteiger partial charge in [-0.15, -0.1) is 0 Å². The monoisotopic (exact) mass is 1140 g/mol. The Hall–Kier alpha value is -1.40. The molecule has 0 spiro atoms. The second-order valence-corrected chi connectivity index (χ2v) is 26.0. The normalized spacial score (nSPS) is 12.5. The van der Waals surface area contributed by atoms with Crippen molar-refractivity contribution in [3.63, 3.8) is 0 Å². The first-order chi connectivity index (χ1) is 40.0. The Bertz CT molecular complexity index is 1220. The van der Waals surface area contributed by atoms with Crippen LogP contribution >= 0.6 is 0 Å². The molecule has 0 aliphatic heterocycles. The summed E-state index contributed by atoms with van der Waals surface area (Å²) in [6, 6.07) is -0.542. The predicted molar refractivity (Wildman–Crippen MR) is 357 cm³/mol. The molecule has 0 aromatic carbocycles. The van der Waals surface area contributed by atoms with Crippen molar-refractivity contribution in [3.05, 3.63) is 12.2 Å². The SMILES string of the molecule is CCCCCCCCC/C=C\CCCCCCCCCC(=O)OCCCCCCCCCCCCCCCCCCCCCCCCCC(=O)NC(CO)C(O)CCCCCCCCCCCCCCCCCCCCCCCCC. The number of ether oxygens (including phenoxy) is 1. The number of esters is 1. The van der Waals surface area contributed by atoms with Gasteiger partial charge in [-0.25, -0.2) is 0 Å². The lowest BCUT2D eigenvalue weighted by Crippen LogP contribution is -2.45. The molecule has 0 rings (SSSR count). The molecule has 0 bridgehead atoms. The highest BCUT2D eigenvalue weighted by Crippen LogP contribution is 2.20. The van der Waals surface area contributed by atoms with Crippen molar-refractivity contribution in [2.24, 2.45) is 0 Å². The van der Waals surface area contributed by atoms with Gasteiger partial charge in [-0.3, -0.25) is 9.59 Å². The summed E-state index contributed by atoms with van der Waals surface area (Å²) >= 11 is 0. The molecule has 6 heteroatoms. The number of aliphatic hydroxyl groups excluding tert-OH is 2. The third kappa shape index (κ3) is 67.6. The molecule has 1 amide bonds. The van der Waals surface area contributed by atoms with Gasteiger partial charge in [-0.05, 0) is 51.4 Å². The fourth-order valence-electron chi connectivity index (χ4n) is 12.1. The number of nitrogens with one attached hydrogen (secondary N) is 1. The number of unbranched alkanes of at least 4 members (excludes halogenated alkanes) is 58. The number of carbonyl (C=O) groups is 2. The number of allylic oxidation sites excluding steroid dienone is 2. The minimum absolute atomic E-state index is 0.0130. The molecule has 0 saturated carbocycles. The Labute approximate surface area is 508 Å². The van der Waals surface area contributed by atoms with Crippen LogP contribution in [0.4, 0.5) is 0 Å². The van der Waals surface area contributed by atoms with E-state index in [0.29, 0.717) is 25.9 Å². The van der Waals surface area contributed by atoms with Crippen LogP contribution in [-0.2, 0) is 14.3 Å². The molecule has 0 radical (unpaired) electrons. The average molecular weight is 1140 g/mol. The van der Waals surface area contributed by atoms with Crippen molar-refractivity contribution in [2.45, 2.75) is 443 Å². The highest BCUT2D eigenvalue weighted by atomic mass is 16.5. The molecule has 2 atom stereocenters. The van der Waals surface area contributed by atoms with E-state index in [-0.39, 0.29) is 18.5 Å². The fourth-order valence-corrected chi connectivity index (χ4v) is 12.1. The first kappa shape index (κ1) is 79.6. The summed E-state index contributed by atoms with van der Waals surface area (Å²) in [5.41, 5.74) is 0. The zero-order chi connectivity index (χ0) is 58.5. The van der Waals surface area contributed by atoms with Crippen LogP contribution in [0.5, 0.6) is 0 Å². The zero-order valence-electron chi connectivity index (χ0n) is 55.3. The second kappa shape index (κ2) is 71.1. The first-order valence-corrected chi connectivity index (χ1v) is 37.4. The molecule has 3 N–H and O–H groups in total. The molecule has 0 aromatic heterocycles. The highest BCUT2D eigenvalue weighted by Gasteiger charge is 2.20. The molecule has 0 fully saturated rings. The predicted octanol–water partition coefficient (Wildman–Crippen LogP) is 24.3. The van der Waals surface area contributed by atoms with Crippen LogP contribution in [0.2, 0.25) is 0 Å². The largest absolute Gasteiger partial charge is 0.466 e. The lowest BCUT2D eigenvalue weighted by molar-refractivity contribution is -0.143. The van der Waals surface area contributed by atoms with E-state index in [1.165, 1.54) is 353 Å². The molecule has 81 heavy (non-hydrogen) atoms. The quantitative estimate of drug-likeness (QED) is 0.0320. The van der Waals surface area contributed by atoms with Crippen molar-refractivity contribution in [3.8, 4) is 0 Å². The van der Waals surface area contributed by atoms with E-state index in [4.69, 9.17) is 4.74 Å². The Morgan fingerprint density at radius 3 is 0.877 bits per heavy atom. The zero-order valence-corrected chi connectivity index (χ0v) is 55.3. The number of aliphatic hydroxyl groups is 2. The summed E-state index contributed by atoms with van der Waals surface area (Å²) in [4.78, 5) is 24.7. The average Bonchev–Trinajstić information content (AvgIpc) is 3.47. The van der Waals surface area contributed by atoms with Crippen LogP contribution in [0.15, 0.2) is 12.2 Å². The van der Waals surface area contributed by atoms with Gasteiger partial charge in [0.2, 0.25) is 5.91 Å².